The number of hydrogen-bond acceptors (Lipinski definition) is 4. The number of halogens is 1. The fourth-order valence-corrected chi connectivity index (χ4v) is 4.50. The first-order chi connectivity index (χ1) is 16.2. The van der Waals surface area contributed by atoms with Gasteiger partial charge in [-0.05, 0) is 63.1 Å². The van der Waals surface area contributed by atoms with Crippen molar-refractivity contribution in [2.24, 2.45) is 7.05 Å². The lowest BCUT2D eigenvalue weighted by Crippen LogP contribution is -2.25. The Hall–Kier alpha value is -3.58. The van der Waals surface area contributed by atoms with E-state index in [4.69, 9.17) is 21.4 Å². The topological polar surface area (TPSA) is 78.2 Å². The minimum Gasteiger partial charge on any atom is -0.495 e. The highest BCUT2D eigenvalue weighted by Crippen LogP contribution is 2.28. The van der Waals surface area contributed by atoms with Crippen LogP contribution in [0.25, 0.3) is 16.7 Å². The van der Waals surface area contributed by atoms with Gasteiger partial charge in [0.1, 0.15) is 11.4 Å². The maximum Gasteiger partial charge on any atom is 0.255 e. The second-order valence-electron chi connectivity index (χ2n) is 8.40. The smallest absolute Gasteiger partial charge is 0.255 e. The van der Waals surface area contributed by atoms with Crippen LogP contribution in [0, 0.1) is 20.8 Å². The molecule has 2 heterocycles. The van der Waals surface area contributed by atoms with Gasteiger partial charge in [-0.25, -0.2) is 4.68 Å². The fourth-order valence-electron chi connectivity index (χ4n) is 4.24. The van der Waals surface area contributed by atoms with Gasteiger partial charge in [0.15, 0.2) is 0 Å². The third-order valence-corrected chi connectivity index (χ3v) is 6.36. The Labute approximate surface area is 202 Å². The number of nitrogens with zero attached hydrogens (tertiary/aromatic N) is 3. The average Bonchev–Trinajstić information content (AvgIpc) is 3.15. The molecule has 4 aromatic rings. The number of aromatic nitrogens is 3. The Morgan fingerprint density at radius 2 is 1.82 bits per heavy atom. The number of methoxy groups -OCH3 is 1. The number of anilines is 1. The third-order valence-electron chi connectivity index (χ3n) is 6.06. The van der Waals surface area contributed by atoms with Gasteiger partial charge in [0.2, 0.25) is 5.91 Å². The maximum absolute atomic E-state index is 13.3. The zero-order valence-electron chi connectivity index (χ0n) is 19.9. The normalized spacial score (nSPS) is 11.1. The molecule has 34 heavy (non-hydrogen) atoms. The molecule has 0 fully saturated rings. The predicted molar refractivity (Wildman–Crippen MR) is 135 cm³/mol. The van der Waals surface area contributed by atoms with Crippen LogP contribution < -0.4 is 15.6 Å². The molecule has 1 N–H and O–H groups in total. The van der Waals surface area contributed by atoms with E-state index in [1.807, 2.05) is 49.7 Å². The molecule has 0 aliphatic carbocycles. The Balaban J connectivity index is 1.63. The van der Waals surface area contributed by atoms with Gasteiger partial charge in [0, 0.05) is 30.1 Å². The van der Waals surface area contributed by atoms with Gasteiger partial charge in [-0.2, -0.15) is 5.10 Å². The molecule has 0 saturated carbocycles. The number of pyridine rings is 1. The lowest BCUT2D eigenvalue weighted by atomic mass is 10.0. The van der Waals surface area contributed by atoms with Crippen molar-refractivity contribution < 1.29 is 9.53 Å². The summed E-state index contributed by atoms with van der Waals surface area (Å²) in [5.74, 6) is 0.337. The molecular weight excluding hydrogens is 452 g/mol. The first-order valence-corrected chi connectivity index (χ1v) is 11.4. The molecule has 2 aromatic carbocycles. The Bertz CT molecular complexity index is 1450. The number of nitrogens with one attached hydrogen (secondary N) is 1. The van der Waals surface area contributed by atoms with Crippen molar-refractivity contribution in [3.63, 3.8) is 0 Å². The van der Waals surface area contributed by atoms with Gasteiger partial charge < -0.3 is 10.1 Å². The summed E-state index contributed by atoms with van der Waals surface area (Å²) in [7, 11) is 3.28. The second-order valence-corrected chi connectivity index (χ2v) is 8.80. The Morgan fingerprint density at radius 3 is 2.47 bits per heavy atom. The number of aryl methyl sites for hydroxylation is 4. The number of ether oxygens (including phenoxy) is 1. The summed E-state index contributed by atoms with van der Waals surface area (Å²) in [4.78, 5) is 25.9. The fraction of sp³-hybridized carbons (Fsp3) is 0.269. The summed E-state index contributed by atoms with van der Waals surface area (Å²) in [6, 6.07) is 13.1. The van der Waals surface area contributed by atoms with E-state index in [0.717, 1.165) is 33.5 Å². The van der Waals surface area contributed by atoms with Crippen molar-refractivity contribution in [2.75, 3.05) is 12.4 Å². The number of carbonyl (C=O) groups is 1. The largest absolute Gasteiger partial charge is 0.495 e. The summed E-state index contributed by atoms with van der Waals surface area (Å²) in [5.41, 5.74) is 5.54. The van der Waals surface area contributed by atoms with E-state index in [1.54, 1.807) is 29.8 Å². The van der Waals surface area contributed by atoms with E-state index in [0.29, 0.717) is 28.4 Å². The van der Waals surface area contributed by atoms with Crippen LogP contribution in [0.15, 0.2) is 47.3 Å². The highest BCUT2D eigenvalue weighted by atomic mass is 35.5. The zero-order chi connectivity index (χ0) is 24.6. The molecule has 0 aliphatic heterocycles. The van der Waals surface area contributed by atoms with E-state index >= 15 is 0 Å². The monoisotopic (exact) mass is 478 g/mol. The summed E-state index contributed by atoms with van der Waals surface area (Å²) in [6.07, 6.45) is 0.482. The molecule has 0 radical (unpaired) electrons. The lowest BCUT2D eigenvalue weighted by Gasteiger charge is -2.13. The molecule has 0 aliphatic rings. The molecule has 0 saturated heterocycles. The summed E-state index contributed by atoms with van der Waals surface area (Å²) < 4.78 is 8.57. The van der Waals surface area contributed by atoms with Crippen LogP contribution in [0.1, 0.15) is 28.8 Å². The Kier molecular flexibility index (Phi) is 6.48. The minimum atomic E-state index is -0.199. The van der Waals surface area contributed by atoms with Crippen LogP contribution in [0.3, 0.4) is 0 Å². The van der Waals surface area contributed by atoms with Gasteiger partial charge in [-0.1, -0.05) is 29.3 Å². The van der Waals surface area contributed by atoms with Crippen molar-refractivity contribution in [2.45, 2.75) is 33.6 Å². The van der Waals surface area contributed by atoms with E-state index < -0.39 is 0 Å². The van der Waals surface area contributed by atoms with Crippen LogP contribution >= 0.6 is 11.6 Å². The molecule has 0 bridgehead atoms. The maximum atomic E-state index is 13.3. The number of fused-ring (bicyclic) bond motifs is 1. The summed E-state index contributed by atoms with van der Waals surface area (Å²) in [5, 5.41) is 8.90. The lowest BCUT2D eigenvalue weighted by molar-refractivity contribution is -0.116. The van der Waals surface area contributed by atoms with E-state index in [-0.39, 0.29) is 17.9 Å². The molecule has 0 spiro atoms. The van der Waals surface area contributed by atoms with Crippen molar-refractivity contribution >= 4 is 34.2 Å². The van der Waals surface area contributed by atoms with Crippen LogP contribution in [-0.2, 0) is 18.3 Å². The quantitative estimate of drug-likeness (QED) is 0.428. The third kappa shape index (κ3) is 4.31. The van der Waals surface area contributed by atoms with E-state index in [1.165, 1.54) is 7.11 Å². The Morgan fingerprint density at radius 1 is 1.12 bits per heavy atom. The van der Waals surface area contributed by atoms with Crippen LogP contribution in [-0.4, -0.2) is 27.4 Å². The zero-order valence-corrected chi connectivity index (χ0v) is 20.7. The molecule has 0 atom stereocenters. The number of hydrogen-bond donors (Lipinski definition) is 1. The summed E-state index contributed by atoms with van der Waals surface area (Å²) in [6.45, 7) is 5.89. The van der Waals surface area contributed by atoms with Crippen molar-refractivity contribution in [3.8, 4) is 11.4 Å². The van der Waals surface area contributed by atoms with Gasteiger partial charge in [0.25, 0.3) is 5.56 Å². The van der Waals surface area contributed by atoms with Crippen LogP contribution in [0.5, 0.6) is 5.75 Å². The standard InChI is InChI=1S/C26H27ClN4O3/c1-15-6-9-19(10-7-15)31-25-24(17(3)29-31)16(2)20(26(33)30(25)4)11-13-23(32)28-18-8-12-22(34-5)21(27)14-18/h6-10,12,14H,11,13H2,1-5H3,(H,28,32). The molecule has 8 heteroatoms. The summed E-state index contributed by atoms with van der Waals surface area (Å²) >= 11 is 6.14. The molecule has 0 unspecified atom stereocenters. The van der Waals surface area contributed by atoms with Crippen LogP contribution in [0.2, 0.25) is 5.02 Å². The van der Waals surface area contributed by atoms with E-state index in [2.05, 4.69) is 5.32 Å². The first kappa shape index (κ1) is 23.6. The SMILES string of the molecule is COc1ccc(NC(=O)CCc2c(C)c3c(C)nn(-c4ccc(C)cc4)c3n(C)c2=O)cc1Cl. The number of benzene rings is 2. The highest BCUT2D eigenvalue weighted by Gasteiger charge is 2.20. The van der Waals surface area contributed by atoms with E-state index in [9.17, 15) is 9.59 Å². The first-order valence-electron chi connectivity index (χ1n) is 11.0. The number of carbonyl (C=O) groups excluding carboxylic acids is 1. The second kappa shape index (κ2) is 9.35. The average molecular weight is 479 g/mol. The van der Waals surface area contributed by atoms with Crippen LogP contribution in [0.4, 0.5) is 5.69 Å². The van der Waals surface area contributed by atoms with Gasteiger partial charge in [-0.3, -0.25) is 14.2 Å². The molecule has 4 rings (SSSR count). The van der Waals surface area contributed by atoms with Crippen molar-refractivity contribution in [1.29, 1.82) is 0 Å². The molecule has 2 aromatic heterocycles. The van der Waals surface area contributed by atoms with Gasteiger partial charge in [0.05, 0.1) is 23.5 Å². The van der Waals surface area contributed by atoms with Crippen molar-refractivity contribution in [3.05, 3.63) is 80.2 Å². The number of amides is 1. The molecule has 7 nitrogen and oxygen atoms in total. The highest BCUT2D eigenvalue weighted by molar-refractivity contribution is 6.32. The molecule has 1 amide bonds. The number of rotatable bonds is 6. The van der Waals surface area contributed by atoms with Crippen molar-refractivity contribution in [1.82, 2.24) is 14.3 Å². The molecule has 176 valence electrons. The minimum absolute atomic E-state index is 0.126. The van der Waals surface area contributed by atoms with Gasteiger partial charge >= 0.3 is 0 Å². The predicted octanol–water partition coefficient (Wildman–Crippen LogP) is 4.88. The van der Waals surface area contributed by atoms with Gasteiger partial charge in [-0.15, -0.1) is 0 Å². The molecular formula is C26H27ClN4O3.